The van der Waals surface area contributed by atoms with E-state index in [1.54, 1.807) is 19.1 Å². The zero-order chi connectivity index (χ0) is 15.5. The Kier molecular flexibility index (Phi) is 4.99. The van der Waals surface area contributed by atoms with Crippen LogP contribution in [0.15, 0.2) is 24.3 Å². The van der Waals surface area contributed by atoms with Crippen molar-refractivity contribution in [2.45, 2.75) is 45.1 Å². The molecule has 0 radical (unpaired) electrons. The van der Waals surface area contributed by atoms with Crippen molar-refractivity contribution in [3.05, 3.63) is 35.6 Å². The van der Waals surface area contributed by atoms with Crippen molar-refractivity contribution in [1.82, 2.24) is 5.32 Å². The predicted octanol–water partition coefficient (Wildman–Crippen LogP) is 2.98. The number of hydrogen-bond acceptors (Lipinski definition) is 2. The average Bonchev–Trinajstić information content (AvgIpc) is 2.46. The van der Waals surface area contributed by atoms with Gasteiger partial charge in [0.05, 0.1) is 6.54 Å². The highest BCUT2D eigenvalue weighted by Crippen LogP contribution is 2.28. The van der Waals surface area contributed by atoms with Crippen LogP contribution < -0.4 is 5.32 Å². The molecule has 0 spiro atoms. The maximum Gasteiger partial charge on any atom is 0.223 e. The monoisotopic (exact) mass is 293 g/mol. The van der Waals surface area contributed by atoms with Gasteiger partial charge in [-0.15, -0.1) is 0 Å². The molecule has 2 rings (SSSR count). The van der Waals surface area contributed by atoms with Crippen molar-refractivity contribution in [2.75, 3.05) is 6.54 Å². The lowest BCUT2D eigenvalue weighted by atomic mass is 9.82. The molecule has 1 fully saturated rings. The molecule has 0 saturated heterocycles. The van der Waals surface area contributed by atoms with Crippen LogP contribution in [0.4, 0.5) is 4.39 Å². The van der Waals surface area contributed by atoms with Crippen LogP contribution >= 0.6 is 0 Å². The Morgan fingerprint density at radius 3 is 2.43 bits per heavy atom. The van der Waals surface area contributed by atoms with Gasteiger partial charge in [0, 0.05) is 5.92 Å². The van der Waals surface area contributed by atoms with Gasteiger partial charge in [0.1, 0.15) is 11.4 Å². The van der Waals surface area contributed by atoms with E-state index < -0.39 is 5.60 Å². The first-order valence-electron chi connectivity index (χ1n) is 7.64. The molecule has 1 aromatic rings. The van der Waals surface area contributed by atoms with Crippen molar-refractivity contribution in [2.24, 2.45) is 11.8 Å². The van der Waals surface area contributed by atoms with Crippen LogP contribution in [0.25, 0.3) is 0 Å². The van der Waals surface area contributed by atoms with Crippen molar-refractivity contribution in [1.29, 1.82) is 0 Å². The van der Waals surface area contributed by atoms with Crippen molar-refractivity contribution in [3.63, 3.8) is 0 Å². The largest absolute Gasteiger partial charge is 0.384 e. The number of nitrogens with one attached hydrogen (secondary N) is 1. The summed E-state index contributed by atoms with van der Waals surface area (Å²) in [5.41, 5.74) is -0.591. The predicted molar refractivity (Wildman–Crippen MR) is 80.1 cm³/mol. The third-order valence-electron chi connectivity index (χ3n) is 4.46. The fourth-order valence-electron chi connectivity index (χ4n) is 2.84. The van der Waals surface area contributed by atoms with E-state index in [0.717, 1.165) is 25.7 Å². The van der Waals surface area contributed by atoms with Crippen LogP contribution in [-0.2, 0) is 10.4 Å². The van der Waals surface area contributed by atoms with Gasteiger partial charge in [0.2, 0.25) is 5.91 Å². The van der Waals surface area contributed by atoms with E-state index in [0.29, 0.717) is 11.5 Å². The molecule has 1 aromatic carbocycles. The van der Waals surface area contributed by atoms with Crippen LogP contribution in [0, 0.1) is 17.7 Å². The van der Waals surface area contributed by atoms with E-state index >= 15 is 0 Å². The molecule has 1 atom stereocenters. The van der Waals surface area contributed by atoms with Gasteiger partial charge in [-0.25, -0.2) is 4.39 Å². The van der Waals surface area contributed by atoms with Gasteiger partial charge in [0.15, 0.2) is 0 Å². The summed E-state index contributed by atoms with van der Waals surface area (Å²) in [5.74, 6) is 0.445. The molecule has 0 aliphatic heterocycles. The Bertz CT molecular complexity index is 476. The van der Waals surface area contributed by atoms with Crippen molar-refractivity contribution in [3.8, 4) is 0 Å². The SMILES string of the molecule is CC1CCC(C(=O)NCC(C)(O)c2ccc(F)cc2)CC1. The van der Waals surface area contributed by atoms with Gasteiger partial charge in [-0.1, -0.05) is 19.1 Å². The Morgan fingerprint density at radius 2 is 1.86 bits per heavy atom. The molecule has 116 valence electrons. The second kappa shape index (κ2) is 6.56. The summed E-state index contributed by atoms with van der Waals surface area (Å²) in [5, 5.41) is 13.3. The second-order valence-corrected chi connectivity index (χ2v) is 6.46. The third kappa shape index (κ3) is 4.27. The number of carbonyl (C=O) groups is 1. The first-order valence-corrected chi connectivity index (χ1v) is 7.64. The number of amides is 1. The van der Waals surface area contributed by atoms with E-state index in [1.165, 1.54) is 12.1 Å². The molecular weight excluding hydrogens is 269 g/mol. The zero-order valence-electron chi connectivity index (χ0n) is 12.7. The van der Waals surface area contributed by atoms with Crippen LogP contribution in [0.5, 0.6) is 0 Å². The lowest BCUT2D eigenvalue weighted by Gasteiger charge is -2.28. The summed E-state index contributed by atoms with van der Waals surface area (Å²) >= 11 is 0. The third-order valence-corrected chi connectivity index (χ3v) is 4.46. The van der Waals surface area contributed by atoms with Gasteiger partial charge in [-0.05, 0) is 56.2 Å². The molecule has 1 aliphatic rings. The molecule has 1 unspecified atom stereocenters. The van der Waals surface area contributed by atoms with E-state index in [9.17, 15) is 14.3 Å². The first kappa shape index (κ1) is 16.0. The van der Waals surface area contributed by atoms with Gasteiger partial charge < -0.3 is 10.4 Å². The summed E-state index contributed by atoms with van der Waals surface area (Å²) in [6, 6.07) is 5.72. The molecule has 1 amide bonds. The maximum atomic E-state index is 12.9. The maximum absolute atomic E-state index is 12.9. The minimum absolute atomic E-state index is 0.0179. The van der Waals surface area contributed by atoms with Crippen LogP contribution in [0.3, 0.4) is 0 Å². The quantitative estimate of drug-likeness (QED) is 0.896. The number of hydrogen-bond donors (Lipinski definition) is 2. The van der Waals surface area contributed by atoms with Gasteiger partial charge in [-0.2, -0.15) is 0 Å². The number of rotatable bonds is 4. The van der Waals surface area contributed by atoms with Crippen molar-refractivity contribution >= 4 is 5.91 Å². The molecule has 0 bridgehead atoms. The van der Waals surface area contributed by atoms with Gasteiger partial charge in [0.25, 0.3) is 0 Å². The molecule has 21 heavy (non-hydrogen) atoms. The summed E-state index contributed by atoms with van der Waals surface area (Å²) in [7, 11) is 0. The summed E-state index contributed by atoms with van der Waals surface area (Å²) < 4.78 is 12.9. The Labute approximate surface area is 125 Å². The minimum atomic E-state index is -1.19. The fraction of sp³-hybridized carbons (Fsp3) is 0.588. The molecule has 0 heterocycles. The molecule has 2 N–H and O–H groups in total. The Hall–Kier alpha value is -1.42. The molecule has 3 nitrogen and oxygen atoms in total. The molecule has 1 saturated carbocycles. The topological polar surface area (TPSA) is 49.3 Å². The molecular formula is C17H24FNO2. The highest BCUT2D eigenvalue weighted by Gasteiger charge is 2.28. The number of carbonyl (C=O) groups excluding carboxylic acids is 1. The average molecular weight is 293 g/mol. The highest BCUT2D eigenvalue weighted by atomic mass is 19.1. The minimum Gasteiger partial charge on any atom is -0.384 e. The first-order chi connectivity index (χ1) is 9.88. The van der Waals surface area contributed by atoms with Gasteiger partial charge in [-0.3, -0.25) is 4.79 Å². The lowest BCUT2D eigenvalue weighted by Crippen LogP contribution is -2.41. The molecule has 1 aliphatic carbocycles. The van der Waals surface area contributed by atoms with E-state index in [1.807, 2.05) is 0 Å². The van der Waals surface area contributed by atoms with Crippen molar-refractivity contribution < 1.29 is 14.3 Å². The van der Waals surface area contributed by atoms with Gasteiger partial charge >= 0.3 is 0 Å². The van der Waals surface area contributed by atoms with E-state index in [2.05, 4.69) is 12.2 Å². The zero-order valence-corrected chi connectivity index (χ0v) is 12.7. The van der Waals surface area contributed by atoms with Crippen LogP contribution in [0.1, 0.15) is 45.1 Å². The number of halogens is 1. The fourth-order valence-corrected chi connectivity index (χ4v) is 2.84. The van der Waals surface area contributed by atoms with E-state index in [4.69, 9.17) is 0 Å². The van der Waals surface area contributed by atoms with E-state index in [-0.39, 0.29) is 24.2 Å². The second-order valence-electron chi connectivity index (χ2n) is 6.46. The van der Waals surface area contributed by atoms with Crippen LogP contribution in [0.2, 0.25) is 0 Å². The summed E-state index contributed by atoms with van der Waals surface area (Å²) in [4.78, 5) is 12.2. The normalized spacial score (nSPS) is 25.1. The highest BCUT2D eigenvalue weighted by molar-refractivity contribution is 5.78. The molecule has 0 aromatic heterocycles. The smallest absolute Gasteiger partial charge is 0.223 e. The summed E-state index contributed by atoms with van der Waals surface area (Å²) in [6.45, 7) is 3.99. The number of aliphatic hydroxyl groups is 1. The standard InChI is InChI=1S/C17H24FNO2/c1-12-3-5-13(6-4-12)16(20)19-11-17(2,21)14-7-9-15(18)10-8-14/h7-10,12-13,21H,3-6,11H2,1-2H3,(H,19,20). The summed E-state index contributed by atoms with van der Waals surface area (Å²) in [6.07, 6.45) is 4.02. The molecule has 4 heteroatoms. The lowest BCUT2D eigenvalue weighted by molar-refractivity contribution is -0.127. The Morgan fingerprint density at radius 1 is 1.29 bits per heavy atom. The van der Waals surface area contributed by atoms with Crippen LogP contribution in [-0.4, -0.2) is 17.6 Å². The Balaban J connectivity index is 1.89. The number of benzene rings is 1.